The maximum absolute atomic E-state index is 9.68. The molecule has 1 atom stereocenters. The minimum atomic E-state index is -0.448. The lowest BCUT2D eigenvalue weighted by Crippen LogP contribution is -2.49. The maximum atomic E-state index is 9.68. The first kappa shape index (κ1) is 14.5. The van der Waals surface area contributed by atoms with Crippen LogP contribution in [-0.2, 0) is 5.54 Å². The van der Waals surface area contributed by atoms with Gasteiger partial charge in [0.05, 0.1) is 12.1 Å². The van der Waals surface area contributed by atoms with Crippen LogP contribution in [0.5, 0.6) is 11.5 Å². The normalized spacial score (nSPS) is 22.4. The smallest absolute Gasteiger partial charge is 0.192 e. The van der Waals surface area contributed by atoms with Gasteiger partial charge in [-0.1, -0.05) is 0 Å². The number of nitrogens with zero attached hydrogens (tertiary/aromatic N) is 3. The van der Waals surface area contributed by atoms with Crippen molar-refractivity contribution >= 4 is 5.96 Å². The summed E-state index contributed by atoms with van der Waals surface area (Å²) in [6.07, 6.45) is 0. The first-order valence-electron chi connectivity index (χ1n) is 6.59. The van der Waals surface area contributed by atoms with E-state index in [-0.39, 0.29) is 11.5 Å². The molecule has 6 nitrogen and oxygen atoms in total. The number of guanidine groups is 1. The molecule has 1 aliphatic heterocycles. The Labute approximate surface area is 119 Å². The average molecular weight is 278 g/mol. The third-order valence-corrected chi connectivity index (χ3v) is 3.72. The molecular formula is C14H22N4O2. The molecule has 1 heterocycles. The molecule has 0 saturated carbocycles. The molecule has 1 unspecified atom stereocenters. The predicted molar refractivity (Wildman–Crippen MR) is 78.9 cm³/mol. The monoisotopic (exact) mass is 278 g/mol. The number of nitrogens with two attached hydrogens (primary N) is 1. The third-order valence-electron chi connectivity index (χ3n) is 3.72. The van der Waals surface area contributed by atoms with Gasteiger partial charge >= 0.3 is 0 Å². The van der Waals surface area contributed by atoms with Gasteiger partial charge in [0.25, 0.3) is 0 Å². The second-order valence-electron chi connectivity index (χ2n) is 5.64. The van der Waals surface area contributed by atoms with Gasteiger partial charge in [-0.3, -0.25) is 4.99 Å². The summed E-state index contributed by atoms with van der Waals surface area (Å²) in [6.45, 7) is 4.10. The Kier molecular flexibility index (Phi) is 3.76. The zero-order valence-corrected chi connectivity index (χ0v) is 12.2. The Morgan fingerprint density at radius 1 is 1.30 bits per heavy atom. The molecule has 0 saturated heterocycles. The Bertz CT molecular complexity index is 510. The molecule has 0 fully saturated rings. The van der Waals surface area contributed by atoms with Crippen LogP contribution >= 0.6 is 0 Å². The highest BCUT2D eigenvalue weighted by Gasteiger charge is 2.39. The molecule has 20 heavy (non-hydrogen) atoms. The number of hydrogen-bond donors (Lipinski definition) is 3. The van der Waals surface area contributed by atoms with Crippen molar-refractivity contribution in [3.8, 4) is 11.5 Å². The van der Waals surface area contributed by atoms with E-state index in [1.165, 1.54) is 6.07 Å². The van der Waals surface area contributed by atoms with E-state index in [4.69, 9.17) is 5.73 Å². The van der Waals surface area contributed by atoms with Crippen molar-refractivity contribution in [2.45, 2.75) is 12.5 Å². The number of rotatable bonds is 4. The van der Waals surface area contributed by atoms with E-state index in [9.17, 15) is 10.2 Å². The molecule has 110 valence electrons. The summed E-state index contributed by atoms with van der Waals surface area (Å²) >= 11 is 0. The second kappa shape index (κ2) is 5.20. The van der Waals surface area contributed by atoms with Crippen LogP contribution in [0.3, 0.4) is 0 Å². The predicted octanol–water partition coefficient (Wildman–Crippen LogP) is 0.505. The van der Waals surface area contributed by atoms with Crippen molar-refractivity contribution in [1.29, 1.82) is 0 Å². The van der Waals surface area contributed by atoms with Gasteiger partial charge in [-0.25, -0.2) is 0 Å². The van der Waals surface area contributed by atoms with Gasteiger partial charge in [0.2, 0.25) is 0 Å². The van der Waals surface area contributed by atoms with E-state index in [2.05, 4.69) is 9.89 Å². The fraction of sp³-hybridized carbons (Fsp3) is 0.500. The van der Waals surface area contributed by atoms with E-state index >= 15 is 0 Å². The van der Waals surface area contributed by atoms with Gasteiger partial charge in [-0.05, 0) is 38.7 Å². The van der Waals surface area contributed by atoms with Gasteiger partial charge in [-0.2, -0.15) is 0 Å². The minimum Gasteiger partial charge on any atom is -0.508 e. The summed E-state index contributed by atoms with van der Waals surface area (Å²) in [5, 5.41) is 19.4. The molecule has 1 aromatic rings. The molecular weight excluding hydrogens is 256 g/mol. The lowest BCUT2D eigenvalue weighted by molar-refractivity contribution is 0.204. The van der Waals surface area contributed by atoms with E-state index in [0.717, 1.165) is 18.7 Å². The number of benzene rings is 1. The topological polar surface area (TPSA) is 85.3 Å². The highest BCUT2D eigenvalue weighted by Crippen LogP contribution is 2.36. The van der Waals surface area contributed by atoms with Crippen molar-refractivity contribution in [2.24, 2.45) is 10.7 Å². The van der Waals surface area contributed by atoms with Crippen LogP contribution in [0, 0.1) is 0 Å². The summed E-state index contributed by atoms with van der Waals surface area (Å²) in [7, 11) is 4.00. The van der Waals surface area contributed by atoms with E-state index in [1.54, 1.807) is 12.1 Å². The number of phenols is 2. The largest absolute Gasteiger partial charge is 0.508 e. The zero-order valence-electron chi connectivity index (χ0n) is 12.2. The van der Waals surface area contributed by atoms with Gasteiger partial charge in [0, 0.05) is 19.2 Å². The first-order valence-corrected chi connectivity index (χ1v) is 6.59. The van der Waals surface area contributed by atoms with Crippen LogP contribution in [0.25, 0.3) is 0 Å². The molecule has 1 aliphatic rings. The van der Waals surface area contributed by atoms with Crippen LogP contribution in [0.2, 0.25) is 0 Å². The molecule has 2 rings (SSSR count). The van der Waals surface area contributed by atoms with Crippen molar-refractivity contribution < 1.29 is 10.2 Å². The zero-order chi connectivity index (χ0) is 14.9. The average Bonchev–Trinajstić information content (AvgIpc) is 2.63. The van der Waals surface area contributed by atoms with Gasteiger partial charge in [-0.15, -0.1) is 0 Å². The van der Waals surface area contributed by atoms with Crippen molar-refractivity contribution in [3.63, 3.8) is 0 Å². The Balaban J connectivity index is 2.31. The molecule has 0 bridgehead atoms. The number of phenolic OH excluding ortho intramolecular Hbond substituents is 2. The highest BCUT2D eigenvalue weighted by molar-refractivity contribution is 5.81. The van der Waals surface area contributed by atoms with Gasteiger partial charge in [0.1, 0.15) is 11.5 Å². The lowest BCUT2D eigenvalue weighted by atomic mass is 9.90. The molecule has 4 N–H and O–H groups in total. The Hall–Kier alpha value is -1.95. The number of aromatic hydroxyl groups is 2. The number of aliphatic imine (C=N–C) groups is 1. The quantitative estimate of drug-likeness (QED) is 0.747. The Morgan fingerprint density at radius 2 is 1.90 bits per heavy atom. The summed E-state index contributed by atoms with van der Waals surface area (Å²) in [6, 6.07) is 4.61. The first-order chi connectivity index (χ1) is 9.33. The van der Waals surface area contributed by atoms with Gasteiger partial charge < -0.3 is 25.7 Å². The van der Waals surface area contributed by atoms with Crippen LogP contribution in [0.1, 0.15) is 12.5 Å². The third kappa shape index (κ3) is 2.65. The molecule has 0 aliphatic carbocycles. The van der Waals surface area contributed by atoms with Crippen molar-refractivity contribution in [1.82, 2.24) is 9.80 Å². The summed E-state index contributed by atoms with van der Waals surface area (Å²) < 4.78 is 0. The highest BCUT2D eigenvalue weighted by atomic mass is 16.3. The van der Waals surface area contributed by atoms with Crippen LogP contribution < -0.4 is 5.73 Å². The molecule has 0 radical (unpaired) electrons. The summed E-state index contributed by atoms with van der Waals surface area (Å²) in [5.74, 6) is 0.579. The lowest BCUT2D eigenvalue weighted by Gasteiger charge is -2.37. The standard InChI is InChI=1S/C14H22N4O2/c1-14(10-6-11(19)8-12(20)7-10)9-16-13(15)18(14)5-4-17(2)3/h6-8,19-20H,4-5,9H2,1-3H3,(H2,15,16). The second-order valence-corrected chi connectivity index (χ2v) is 5.64. The van der Waals surface area contributed by atoms with Crippen LogP contribution in [0.4, 0.5) is 0 Å². The number of likely N-dealkylation sites (N-methyl/N-ethyl adjacent to an activating group) is 1. The SMILES string of the molecule is CN(C)CCN1C(N)=NCC1(C)c1cc(O)cc(O)c1. The van der Waals surface area contributed by atoms with Crippen LogP contribution in [-0.4, -0.2) is 59.7 Å². The Morgan fingerprint density at radius 3 is 2.45 bits per heavy atom. The summed E-state index contributed by atoms with van der Waals surface area (Å²) in [4.78, 5) is 8.41. The molecule has 1 aromatic carbocycles. The fourth-order valence-corrected chi connectivity index (χ4v) is 2.47. The van der Waals surface area contributed by atoms with Gasteiger partial charge in [0.15, 0.2) is 5.96 Å². The van der Waals surface area contributed by atoms with Crippen molar-refractivity contribution in [3.05, 3.63) is 23.8 Å². The van der Waals surface area contributed by atoms with E-state index in [1.807, 2.05) is 25.9 Å². The molecule has 0 aromatic heterocycles. The molecule has 0 spiro atoms. The fourth-order valence-electron chi connectivity index (χ4n) is 2.47. The summed E-state index contributed by atoms with van der Waals surface area (Å²) in [5.41, 5.74) is 6.34. The van der Waals surface area contributed by atoms with E-state index in [0.29, 0.717) is 12.5 Å². The van der Waals surface area contributed by atoms with Crippen molar-refractivity contribution in [2.75, 3.05) is 33.7 Å². The maximum Gasteiger partial charge on any atom is 0.192 e. The molecule has 0 amide bonds. The minimum absolute atomic E-state index is 0.0410. The molecule has 6 heteroatoms. The van der Waals surface area contributed by atoms with E-state index < -0.39 is 5.54 Å². The number of hydrogen-bond acceptors (Lipinski definition) is 6. The van der Waals surface area contributed by atoms with Crippen LogP contribution in [0.15, 0.2) is 23.2 Å².